The van der Waals surface area contributed by atoms with E-state index in [0.717, 1.165) is 40.7 Å². The molecule has 0 amide bonds. The molecule has 0 aliphatic rings. The third-order valence-corrected chi connectivity index (χ3v) is 6.13. The summed E-state index contributed by atoms with van der Waals surface area (Å²) in [4.78, 5) is 12.2. The third-order valence-electron chi connectivity index (χ3n) is 4.67. The molecule has 2 N–H and O–H groups in total. The SMILES string of the molecule is CS(=O)(=O)c1ccc(CNc2ccc(Cc3c[nH]c4ncccc34)cn2)c(Cl)c1. The molecule has 3 aromatic heterocycles. The number of fused-ring (bicyclic) bond motifs is 1. The Kier molecular flexibility index (Phi) is 5.25. The van der Waals surface area contributed by atoms with Crippen LogP contribution in [0.2, 0.25) is 5.02 Å². The Morgan fingerprint density at radius 1 is 1.10 bits per heavy atom. The monoisotopic (exact) mass is 426 g/mol. The van der Waals surface area contributed by atoms with E-state index in [0.29, 0.717) is 11.6 Å². The topological polar surface area (TPSA) is 87.7 Å². The fourth-order valence-corrected chi connectivity index (χ4v) is 4.06. The summed E-state index contributed by atoms with van der Waals surface area (Å²) in [7, 11) is -3.27. The number of halogens is 1. The normalized spacial score (nSPS) is 11.7. The summed E-state index contributed by atoms with van der Waals surface area (Å²) in [5, 5.41) is 4.73. The van der Waals surface area contributed by atoms with Gasteiger partial charge in [0.1, 0.15) is 11.5 Å². The Bertz CT molecular complexity index is 1270. The Morgan fingerprint density at radius 3 is 2.69 bits per heavy atom. The lowest BCUT2D eigenvalue weighted by atomic mass is 10.1. The maximum absolute atomic E-state index is 11.6. The number of anilines is 1. The van der Waals surface area contributed by atoms with Gasteiger partial charge in [0.25, 0.3) is 0 Å². The number of sulfone groups is 1. The highest BCUT2D eigenvalue weighted by atomic mass is 35.5. The van der Waals surface area contributed by atoms with Crippen LogP contribution in [0.1, 0.15) is 16.7 Å². The lowest BCUT2D eigenvalue weighted by molar-refractivity contribution is 0.602. The molecule has 0 fully saturated rings. The van der Waals surface area contributed by atoms with Crippen LogP contribution in [0.5, 0.6) is 0 Å². The van der Waals surface area contributed by atoms with Gasteiger partial charge in [0.2, 0.25) is 0 Å². The van der Waals surface area contributed by atoms with Crippen molar-refractivity contribution in [2.45, 2.75) is 17.9 Å². The number of rotatable bonds is 6. The summed E-state index contributed by atoms with van der Waals surface area (Å²) in [5.41, 5.74) is 3.95. The summed E-state index contributed by atoms with van der Waals surface area (Å²) in [6.07, 6.45) is 7.51. The quantitative estimate of drug-likeness (QED) is 0.482. The summed E-state index contributed by atoms with van der Waals surface area (Å²) in [5.74, 6) is 0.720. The van der Waals surface area contributed by atoms with Gasteiger partial charge in [-0.3, -0.25) is 0 Å². The molecule has 0 spiro atoms. The first-order chi connectivity index (χ1) is 13.9. The van der Waals surface area contributed by atoms with Gasteiger partial charge in [-0.05, 0) is 47.0 Å². The van der Waals surface area contributed by atoms with Gasteiger partial charge in [0, 0.05) is 48.2 Å². The molecule has 4 rings (SSSR count). The molecule has 1 aromatic carbocycles. The van der Waals surface area contributed by atoms with Crippen molar-refractivity contribution in [2.24, 2.45) is 0 Å². The zero-order valence-electron chi connectivity index (χ0n) is 15.7. The Balaban J connectivity index is 1.42. The molecule has 0 unspecified atom stereocenters. The molecule has 4 aromatic rings. The molecular formula is C21H19ClN4O2S. The number of hydrogen-bond acceptors (Lipinski definition) is 5. The van der Waals surface area contributed by atoms with Gasteiger partial charge in [-0.2, -0.15) is 0 Å². The predicted octanol–water partition coefficient (Wildman–Crippen LogP) is 4.22. The summed E-state index contributed by atoms with van der Waals surface area (Å²) < 4.78 is 23.2. The van der Waals surface area contributed by atoms with Gasteiger partial charge in [-0.1, -0.05) is 23.7 Å². The zero-order chi connectivity index (χ0) is 20.4. The average molecular weight is 427 g/mol. The number of aromatic nitrogens is 3. The standard InChI is InChI=1S/C21H19ClN4O2S/c1-29(27,28)17-6-5-15(19(22)10-17)12-25-20-7-4-14(11-24-20)9-16-13-26-21-18(16)3-2-8-23-21/h2-8,10-11,13H,9,12H2,1H3,(H,23,26)(H,24,25). The highest BCUT2D eigenvalue weighted by Crippen LogP contribution is 2.22. The second-order valence-electron chi connectivity index (χ2n) is 6.82. The van der Waals surface area contributed by atoms with Crippen LogP contribution in [0, 0.1) is 0 Å². The van der Waals surface area contributed by atoms with E-state index >= 15 is 0 Å². The second-order valence-corrected chi connectivity index (χ2v) is 9.24. The molecule has 29 heavy (non-hydrogen) atoms. The molecule has 0 bridgehead atoms. The van der Waals surface area contributed by atoms with Crippen LogP contribution < -0.4 is 5.32 Å². The van der Waals surface area contributed by atoms with Crippen molar-refractivity contribution in [3.8, 4) is 0 Å². The van der Waals surface area contributed by atoms with E-state index in [2.05, 4.69) is 26.3 Å². The van der Waals surface area contributed by atoms with Gasteiger partial charge < -0.3 is 10.3 Å². The number of pyridine rings is 2. The smallest absolute Gasteiger partial charge is 0.175 e. The van der Waals surface area contributed by atoms with E-state index in [4.69, 9.17) is 11.6 Å². The van der Waals surface area contributed by atoms with Crippen molar-refractivity contribution < 1.29 is 8.42 Å². The van der Waals surface area contributed by atoms with Crippen LogP contribution in [0.3, 0.4) is 0 Å². The number of hydrogen-bond donors (Lipinski definition) is 2. The van der Waals surface area contributed by atoms with Crippen LogP contribution in [0.4, 0.5) is 5.82 Å². The highest BCUT2D eigenvalue weighted by molar-refractivity contribution is 7.90. The first kappa shape index (κ1) is 19.4. The molecule has 8 heteroatoms. The van der Waals surface area contributed by atoms with E-state index in [1.54, 1.807) is 18.3 Å². The molecule has 0 saturated heterocycles. The molecule has 0 atom stereocenters. The largest absolute Gasteiger partial charge is 0.366 e. The molecule has 6 nitrogen and oxygen atoms in total. The van der Waals surface area contributed by atoms with Crippen molar-refractivity contribution in [3.05, 3.63) is 82.8 Å². The number of benzene rings is 1. The van der Waals surface area contributed by atoms with Crippen molar-refractivity contribution >= 4 is 38.3 Å². The predicted molar refractivity (Wildman–Crippen MR) is 115 cm³/mol. The molecule has 0 saturated carbocycles. The molecule has 148 valence electrons. The molecular weight excluding hydrogens is 408 g/mol. The lowest BCUT2D eigenvalue weighted by Gasteiger charge is -2.09. The fraction of sp³-hybridized carbons (Fsp3) is 0.143. The molecule has 0 aliphatic heterocycles. The lowest BCUT2D eigenvalue weighted by Crippen LogP contribution is -2.04. The van der Waals surface area contributed by atoms with E-state index in [-0.39, 0.29) is 4.90 Å². The van der Waals surface area contributed by atoms with E-state index in [1.807, 2.05) is 30.6 Å². The van der Waals surface area contributed by atoms with Crippen LogP contribution in [0.15, 0.2) is 66.0 Å². The fourth-order valence-electron chi connectivity index (χ4n) is 3.10. The minimum Gasteiger partial charge on any atom is -0.366 e. The van der Waals surface area contributed by atoms with E-state index in [1.165, 1.54) is 11.6 Å². The third kappa shape index (κ3) is 4.41. The minimum absolute atomic E-state index is 0.209. The summed E-state index contributed by atoms with van der Waals surface area (Å²) in [6, 6.07) is 12.7. The number of H-pyrrole nitrogens is 1. The Labute approximate surface area is 173 Å². The minimum atomic E-state index is -3.27. The van der Waals surface area contributed by atoms with E-state index < -0.39 is 9.84 Å². The van der Waals surface area contributed by atoms with Crippen LogP contribution in [-0.2, 0) is 22.8 Å². The number of aromatic amines is 1. The van der Waals surface area contributed by atoms with Crippen LogP contribution >= 0.6 is 11.6 Å². The van der Waals surface area contributed by atoms with Crippen molar-refractivity contribution in [1.82, 2.24) is 15.0 Å². The van der Waals surface area contributed by atoms with Gasteiger partial charge in [-0.25, -0.2) is 18.4 Å². The maximum Gasteiger partial charge on any atom is 0.175 e. The zero-order valence-corrected chi connectivity index (χ0v) is 17.3. The van der Waals surface area contributed by atoms with Crippen LogP contribution in [-0.4, -0.2) is 29.6 Å². The number of nitrogens with zero attached hydrogens (tertiary/aromatic N) is 2. The Morgan fingerprint density at radius 2 is 1.97 bits per heavy atom. The number of nitrogens with one attached hydrogen (secondary N) is 2. The van der Waals surface area contributed by atoms with Gasteiger partial charge >= 0.3 is 0 Å². The first-order valence-electron chi connectivity index (χ1n) is 8.98. The Hall–Kier alpha value is -2.90. The van der Waals surface area contributed by atoms with Gasteiger partial charge in [-0.15, -0.1) is 0 Å². The first-order valence-corrected chi connectivity index (χ1v) is 11.3. The van der Waals surface area contributed by atoms with Crippen molar-refractivity contribution in [3.63, 3.8) is 0 Å². The second kappa shape index (κ2) is 7.85. The summed E-state index contributed by atoms with van der Waals surface area (Å²) >= 11 is 6.22. The summed E-state index contributed by atoms with van der Waals surface area (Å²) in [6.45, 7) is 0.448. The highest BCUT2D eigenvalue weighted by Gasteiger charge is 2.10. The van der Waals surface area contributed by atoms with E-state index in [9.17, 15) is 8.42 Å². The van der Waals surface area contributed by atoms with Gasteiger partial charge in [0.05, 0.1) is 4.90 Å². The maximum atomic E-state index is 11.6. The average Bonchev–Trinajstić information content (AvgIpc) is 3.10. The molecule has 0 radical (unpaired) electrons. The van der Waals surface area contributed by atoms with Crippen molar-refractivity contribution in [2.75, 3.05) is 11.6 Å². The van der Waals surface area contributed by atoms with Crippen LogP contribution in [0.25, 0.3) is 11.0 Å². The molecule has 0 aliphatic carbocycles. The van der Waals surface area contributed by atoms with Crippen molar-refractivity contribution in [1.29, 1.82) is 0 Å². The van der Waals surface area contributed by atoms with Gasteiger partial charge in [0.15, 0.2) is 9.84 Å². The molecule has 3 heterocycles.